The molecule has 0 unspecified atom stereocenters. The van der Waals surface area contributed by atoms with Gasteiger partial charge in [0.15, 0.2) is 0 Å². The van der Waals surface area contributed by atoms with E-state index in [0.29, 0.717) is 34.7 Å². The van der Waals surface area contributed by atoms with Crippen LogP contribution < -0.4 is 19.5 Å². The Bertz CT molecular complexity index is 676. The molecule has 0 aliphatic rings. The molecule has 6 heteroatoms. The fraction of sp³-hybridized carbons (Fsp3) is 0.278. The number of aryl methyl sites for hydroxylation is 1. The molecule has 0 saturated carbocycles. The van der Waals surface area contributed by atoms with E-state index in [1.54, 1.807) is 12.1 Å². The van der Waals surface area contributed by atoms with Gasteiger partial charge in [0.1, 0.15) is 28.3 Å². The first-order chi connectivity index (χ1) is 11.5. The second kappa shape index (κ2) is 8.59. The van der Waals surface area contributed by atoms with Crippen molar-refractivity contribution in [1.82, 2.24) is 5.32 Å². The van der Waals surface area contributed by atoms with Crippen molar-refractivity contribution in [2.45, 2.75) is 6.92 Å². The van der Waals surface area contributed by atoms with E-state index >= 15 is 0 Å². The van der Waals surface area contributed by atoms with Crippen LogP contribution in [0.25, 0.3) is 0 Å². The van der Waals surface area contributed by atoms with Gasteiger partial charge in [-0.25, -0.2) is 0 Å². The van der Waals surface area contributed by atoms with Gasteiger partial charge < -0.3 is 19.5 Å². The monoisotopic (exact) mass is 393 g/mol. The number of hydrogen-bond donors (Lipinski definition) is 1. The molecule has 0 heterocycles. The molecule has 0 aromatic heterocycles. The maximum Gasteiger partial charge on any atom is 0.251 e. The average Bonchev–Trinajstić information content (AvgIpc) is 2.60. The van der Waals surface area contributed by atoms with Crippen molar-refractivity contribution in [3.8, 4) is 17.2 Å². The summed E-state index contributed by atoms with van der Waals surface area (Å²) in [6, 6.07) is 11.1. The number of carbonyl (C=O) groups is 1. The fourth-order valence-electron chi connectivity index (χ4n) is 2.07. The lowest BCUT2D eigenvalue weighted by atomic mass is 10.2. The van der Waals surface area contributed by atoms with Gasteiger partial charge in [-0.05, 0) is 47.1 Å². The van der Waals surface area contributed by atoms with Crippen LogP contribution in [0.15, 0.2) is 40.9 Å². The Balaban J connectivity index is 1.91. The number of nitrogens with one attached hydrogen (secondary N) is 1. The summed E-state index contributed by atoms with van der Waals surface area (Å²) < 4.78 is 16.7. The first kappa shape index (κ1) is 18.1. The lowest BCUT2D eigenvalue weighted by Crippen LogP contribution is -2.28. The maximum absolute atomic E-state index is 12.3. The largest absolute Gasteiger partial charge is 0.495 e. The molecule has 5 nitrogen and oxygen atoms in total. The minimum atomic E-state index is -0.216. The summed E-state index contributed by atoms with van der Waals surface area (Å²) in [5.74, 6) is 1.64. The fourth-order valence-corrected chi connectivity index (χ4v) is 2.62. The predicted octanol–water partition coefficient (Wildman–Crippen LogP) is 3.58. The van der Waals surface area contributed by atoms with Gasteiger partial charge in [0.2, 0.25) is 0 Å². The van der Waals surface area contributed by atoms with Gasteiger partial charge in [-0.1, -0.05) is 17.7 Å². The summed E-state index contributed by atoms with van der Waals surface area (Å²) in [5, 5.41) is 2.81. The Labute approximate surface area is 150 Å². The second-order valence-electron chi connectivity index (χ2n) is 5.11. The number of carbonyl (C=O) groups excluding carboxylic acids is 1. The van der Waals surface area contributed by atoms with Crippen LogP contribution in [0.5, 0.6) is 17.2 Å². The van der Waals surface area contributed by atoms with E-state index in [-0.39, 0.29) is 5.91 Å². The molecule has 2 rings (SSSR count). The zero-order chi connectivity index (χ0) is 17.5. The summed E-state index contributed by atoms with van der Waals surface area (Å²) in [4.78, 5) is 12.3. The van der Waals surface area contributed by atoms with E-state index in [9.17, 15) is 4.79 Å². The topological polar surface area (TPSA) is 56.8 Å². The van der Waals surface area contributed by atoms with E-state index in [1.807, 2.05) is 31.2 Å². The number of benzene rings is 2. The Morgan fingerprint density at radius 2 is 1.67 bits per heavy atom. The molecule has 0 atom stereocenters. The van der Waals surface area contributed by atoms with Gasteiger partial charge in [0, 0.05) is 5.56 Å². The van der Waals surface area contributed by atoms with Crippen LogP contribution >= 0.6 is 15.9 Å². The van der Waals surface area contributed by atoms with Crippen molar-refractivity contribution in [3.05, 3.63) is 52.0 Å². The zero-order valence-corrected chi connectivity index (χ0v) is 15.5. The molecule has 0 spiro atoms. The number of ether oxygens (including phenoxy) is 3. The standard InChI is InChI=1S/C18H20BrNO4/c1-12-4-6-14(7-5-12)24-9-8-20-18(21)13-10-15(22-2)17(19)16(11-13)23-3/h4-7,10-11H,8-9H2,1-3H3,(H,20,21). The van der Waals surface area contributed by atoms with Gasteiger partial charge in [-0.15, -0.1) is 0 Å². The maximum atomic E-state index is 12.3. The average molecular weight is 394 g/mol. The van der Waals surface area contributed by atoms with Crippen molar-refractivity contribution in [3.63, 3.8) is 0 Å². The van der Waals surface area contributed by atoms with E-state index < -0.39 is 0 Å². The van der Waals surface area contributed by atoms with Crippen molar-refractivity contribution in [2.75, 3.05) is 27.4 Å². The number of hydrogen-bond acceptors (Lipinski definition) is 4. The second-order valence-corrected chi connectivity index (χ2v) is 5.91. The highest BCUT2D eigenvalue weighted by Crippen LogP contribution is 2.35. The third-order valence-electron chi connectivity index (χ3n) is 3.39. The van der Waals surface area contributed by atoms with Crippen molar-refractivity contribution in [2.24, 2.45) is 0 Å². The first-order valence-electron chi connectivity index (χ1n) is 7.44. The molecular formula is C18H20BrNO4. The van der Waals surface area contributed by atoms with E-state index in [1.165, 1.54) is 19.8 Å². The SMILES string of the molecule is COc1cc(C(=O)NCCOc2ccc(C)cc2)cc(OC)c1Br. The Morgan fingerprint density at radius 1 is 1.08 bits per heavy atom. The van der Waals surface area contributed by atoms with Crippen LogP contribution in [0.4, 0.5) is 0 Å². The number of rotatable bonds is 7. The minimum Gasteiger partial charge on any atom is -0.495 e. The molecule has 0 radical (unpaired) electrons. The number of methoxy groups -OCH3 is 2. The highest BCUT2D eigenvalue weighted by atomic mass is 79.9. The van der Waals surface area contributed by atoms with Crippen LogP contribution in [-0.2, 0) is 0 Å². The van der Waals surface area contributed by atoms with Crippen LogP contribution in [0.3, 0.4) is 0 Å². The van der Waals surface area contributed by atoms with Gasteiger partial charge in [-0.2, -0.15) is 0 Å². The van der Waals surface area contributed by atoms with Crippen molar-refractivity contribution < 1.29 is 19.0 Å². The molecular weight excluding hydrogens is 374 g/mol. The molecule has 2 aromatic rings. The summed E-state index contributed by atoms with van der Waals surface area (Å²) in [6.07, 6.45) is 0. The smallest absolute Gasteiger partial charge is 0.251 e. The van der Waals surface area contributed by atoms with Gasteiger partial charge in [0.25, 0.3) is 5.91 Å². The van der Waals surface area contributed by atoms with Crippen molar-refractivity contribution >= 4 is 21.8 Å². The molecule has 1 N–H and O–H groups in total. The van der Waals surface area contributed by atoms with Crippen LogP contribution in [0.2, 0.25) is 0 Å². The Hall–Kier alpha value is -2.21. The molecule has 24 heavy (non-hydrogen) atoms. The lowest BCUT2D eigenvalue weighted by Gasteiger charge is -2.12. The third kappa shape index (κ3) is 4.64. The first-order valence-corrected chi connectivity index (χ1v) is 8.23. The van der Waals surface area contributed by atoms with Gasteiger partial charge in [-0.3, -0.25) is 4.79 Å². The van der Waals surface area contributed by atoms with Gasteiger partial charge in [0.05, 0.1) is 20.8 Å². The van der Waals surface area contributed by atoms with Gasteiger partial charge >= 0.3 is 0 Å². The molecule has 128 valence electrons. The van der Waals surface area contributed by atoms with Crippen LogP contribution in [0, 0.1) is 6.92 Å². The normalized spacial score (nSPS) is 10.2. The third-order valence-corrected chi connectivity index (χ3v) is 4.17. The minimum absolute atomic E-state index is 0.216. The summed E-state index contributed by atoms with van der Waals surface area (Å²) >= 11 is 3.38. The molecule has 2 aromatic carbocycles. The Kier molecular flexibility index (Phi) is 6.49. The van der Waals surface area contributed by atoms with E-state index in [0.717, 1.165) is 5.75 Å². The molecule has 0 fully saturated rings. The highest BCUT2D eigenvalue weighted by molar-refractivity contribution is 9.10. The molecule has 0 bridgehead atoms. The zero-order valence-electron chi connectivity index (χ0n) is 13.9. The molecule has 0 aliphatic carbocycles. The van der Waals surface area contributed by atoms with Crippen LogP contribution in [0.1, 0.15) is 15.9 Å². The predicted molar refractivity (Wildman–Crippen MR) is 96.3 cm³/mol. The summed E-state index contributed by atoms with van der Waals surface area (Å²) in [5.41, 5.74) is 1.64. The van der Waals surface area contributed by atoms with Crippen LogP contribution in [-0.4, -0.2) is 33.3 Å². The molecule has 1 amide bonds. The van der Waals surface area contributed by atoms with E-state index in [2.05, 4.69) is 21.2 Å². The molecule has 0 aliphatic heterocycles. The number of halogens is 1. The molecule has 0 saturated heterocycles. The van der Waals surface area contributed by atoms with Crippen molar-refractivity contribution in [1.29, 1.82) is 0 Å². The highest BCUT2D eigenvalue weighted by Gasteiger charge is 2.14. The quantitative estimate of drug-likeness (QED) is 0.730. The summed E-state index contributed by atoms with van der Waals surface area (Å²) in [7, 11) is 3.08. The number of amides is 1. The Morgan fingerprint density at radius 3 is 2.21 bits per heavy atom. The summed E-state index contributed by atoms with van der Waals surface area (Å²) in [6.45, 7) is 2.80. The lowest BCUT2D eigenvalue weighted by molar-refractivity contribution is 0.0946. The van der Waals surface area contributed by atoms with E-state index in [4.69, 9.17) is 14.2 Å².